The topological polar surface area (TPSA) is 52.5 Å². The minimum atomic E-state index is -0.115. The van der Waals surface area contributed by atoms with Crippen molar-refractivity contribution in [2.24, 2.45) is 0 Å². The van der Waals surface area contributed by atoms with E-state index in [0.29, 0.717) is 17.9 Å². The van der Waals surface area contributed by atoms with Crippen LogP contribution in [0.25, 0.3) is 16.6 Å². The molecular weight excluding hydrogens is 352 g/mol. The van der Waals surface area contributed by atoms with Gasteiger partial charge in [0.2, 0.25) is 6.79 Å². The molecule has 1 aliphatic heterocycles. The van der Waals surface area contributed by atoms with Crippen molar-refractivity contribution in [2.45, 2.75) is 6.54 Å². The summed E-state index contributed by atoms with van der Waals surface area (Å²) in [5.74, 6) is 1.34. The molecular formula is C23H18N2O3. The Hall–Kier alpha value is -3.73. The van der Waals surface area contributed by atoms with Crippen molar-refractivity contribution in [2.75, 3.05) is 6.79 Å². The van der Waals surface area contributed by atoms with E-state index < -0.39 is 0 Å². The number of ether oxygens (including phenoxy) is 2. The maximum atomic E-state index is 12.7. The average Bonchev–Trinajstić information content (AvgIpc) is 3.38. The van der Waals surface area contributed by atoms with Gasteiger partial charge in [-0.2, -0.15) is 0 Å². The first-order valence-corrected chi connectivity index (χ1v) is 9.11. The fourth-order valence-electron chi connectivity index (χ4n) is 3.44. The van der Waals surface area contributed by atoms with Gasteiger partial charge in [-0.15, -0.1) is 0 Å². The van der Waals surface area contributed by atoms with Gasteiger partial charge in [0.25, 0.3) is 5.91 Å². The molecule has 5 nitrogen and oxygen atoms in total. The highest BCUT2D eigenvalue weighted by Gasteiger charge is 2.14. The smallest absolute Gasteiger partial charge is 0.251 e. The first-order chi connectivity index (χ1) is 13.8. The van der Waals surface area contributed by atoms with Gasteiger partial charge >= 0.3 is 0 Å². The van der Waals surface area contributed by atoms with E-state index in [0.717, 1.165) is 22.5 Å². The Labute approximate surface area is 162 Å². The molecule has 1 amide bonds. The number of fused-ring (bicyclic) bond motifs is 2. The van der Waals surface area contributed by atoms with Gasteiger partial charge in [-0.3, -0.25) is 4.79 Å². The second-order valence-corrected chi connectivity index (χ2v) is 6.67. The number of carbonyl (C=O) groups excluding carboxylic acids is 1. The van der Waals surface area contributed by atoms with Crippen molar-refractivity contribution in [3.05, 3.63) is 90.1 Å². The summed E-state index contributed by atoms with van der Waals surface area (Å²) in [6.45, 7) is 0.665. The quantitative estimate of drug-likeness (QED) is 0.583. The summed E-state index contributed by atoms with van der Waals surface area (Å²) < 4.78 is 12.8. The summed E-state index contributed by atoms with van der Waals surface area (Å²) in [5.41, 5.74) is 3.65. The first kappa shape index (κ1) is 16.4. The van der Waals surface area contributed by atoms with Crippen molar-refractivity contribution < 1.29 is 14.3 Å². The van der Waals surface area contributed by atoms with Crippen LogP contribution >= 0.6 is 0 Å². The Morgan fingerprint density at radius 2 is 1.82 bits per heavy atom. The number of benzene rings is 3. The summed E-state index contributed by atoms with van der Waals surface area (Å²) in [6, 6.07) is 23.6. The lowest BCUT2D eigenvalue weighted by Gasteiger charge is -2.09. The van der Waals surface area contributed by atoms with Crippen molar-refractivity contribution in [1.29, 1.82) is 0 Å². The highest BCUT2D eigenvalue weighted by molar-refractivity contribution is 5.95. The number of carbonyl (C=O) groups is 1. The zero-order valence-electron chi connectivity index (χ0n) is 15.1. The fourth-order valence-corrected chi connectivity index (χ4v) is 3.44. The normalized spacial score (nSPS) is 12.3. The van der Waals surface area contributed by atoms with Crippen molar-refractivity contribution in [3.63, 3.8) is 0 Å². The largest absolute Gasteiger partial charge is 0.454 e. The van der Waals surface area contributed by atoms with Gasteiger partial charge in [-0.25, -0.2) is 0 Å². The molecule has 0 saturated heterocycles. The predicted octanol–water partition coefficient (Wildman–Crippen LogP) is 4.29. The fraction of sp³-hybridized carbons (Fsp3) is 0.0870. The van der Waals surface area contributed by atoms with Gasteiger partial charge in [0.1, 0.15) is 0 Å². The second kappa shape index (κ2) is 6.78. The minimum Gasteiger partial charge on any atom is -0.454 e. The molecule has 2 heterocycles. The number of nitrogens with one attached hydrogen (secondary N) is 1. The Morgan fingerprint density at radius 1 is 0.929 bits per heavy atom. The summed E-state index contributed by atoms with van der Waals surface area (Å²) in [6.07, 6.45) is 2.02. The van der Waals surface area contributed by atoms with Crippen LogP contribution in [-0.4, -0.2) is 17.3 Å². The molecule has 28 heavy (non-hydrogen) atoms. The van der Waals surface area contributed by atoms with Crippen LogP contribution in [-0.2, 0) is 6.54 Å². The standard InChI is InChI=1S/C23H18N2O3/c26-23(24-14-16-8-9-21-22(12-16)28-15-27-21)18-5-3-6-19(13-18)25-11-10-17-4-1-2-7-20(17)25/h1-13H,14-15H2,(H,24,26). The summed E-state index contributed by atoms with van der Waals surface area (Å²) in [5, 5.41) is 4.14. The number of para-hydroxylation sites is 1. The van der Waals surface area contributed by atoms with Crippen molar-refractivity contribution in [3.8, 4) is 17.2 Å². The molecule has 5 rings (SSSR count). The molecule has 0 saturated carbocycles. The van der Waals surface area contributed by atoms with Crippen LogP contribution in [0.15, 0.2) is 79.0 Å². The van der Waals surface area contributed by atoms with E-state index >= 15 is 0 Å². The van der Waals surface area contributed by atoms with Crippen LogP contribution < -0.4 is 14.8 Å². The lowest BCUT2D eigenvalue weighted by molar-refractivity contribution is 0.0951. The second-order valence-electron chi connectivity index (χ2n) is 6.67. The maximum absolute atomic E-state index is 12.7. The molecule has 5 heteroatoms. The van der Waals surface area contributed by atoms with Gasteiger partial charge < -0.3 is 19.4 Å². The third-order valence-electron chi connectivity index (χ3n) is 4.88. The van der Waals surface area contributed by atoms with Gasteiger partial charge in [0.05, 0.1) is 5.52 Å². The SMILES string of the molecule is O=C(NCc1ccc2c(c1)OCO2)c1cccc(-n2ccc3ccccc32)c1. The van der Waals surface area contributed by atoms with E-state index in [1.807, 2.05) is 60.8 Å². The molecule has 3 aromatic carbocycles. The van der Waals surface area contributed by atoms with E-state index in [-0.39, 0.29) is 12.7 Å². The third kappa shape index (κ3) is 2.97. The lowest BCUT2D eigenvalue weighted by Crippen LogP contribution is -2.22. The molecule has 0 spiro atoms. The van der Waals surface area contributed by atoms with E-state index in [1.165, 1.54) is 5.39 Å². The number of hydrogen-bond donors (Lipinski definition) is 1. The van der Waals surface area contributed by atoms with Crippen LogP contribution in [0.5, 0.6) is 11.5 Å². The van der Waals surface area contributed by atoms with Crippen molar-refractivity contribution >= 4 is 16.8 Å². The highest BCUT2D eigenvalue weighted by Crippen LogP contribution is 2.32. The Morgan fingerprint density at radius 3 is 2.79 bits per heavy atom. The number of nitrogens with zero attached hydrogens (tertiary/aromatic N) is 1. The van der Waals surface area contributed by atoms with Crippen LogP contribution in [0.2, 0.25) is 0 Å². The van der Waals surface area contributed by atoms with Crippen molar-refractivity contribution in [1.82, 2.24) is 9.88 Å². The third-order valence-corrected chi connectivity index (χ3v) is 4.88. The summed E-state index contributed by atoms with van der Waals surface area (Å²) in [7, 11) is 0. The number of aromatic nitrogens is 1. The van der Waals surface area contributed by atoms with Crippen LogP contribution in [0.4, 0.5) is 0 Å². The molecule has 0 atom stereocenters. The molecule has 0 bridgehead atoms. The Bertz CT molecular complexity index is 1180. The molecule has 1 aliphatic rings. The molecule has 0 aliphatic carbocycles. The summed E-state index contributed by atoms with van der Waals surface area (Å²) >= 11 is 0. The molecule has 0 radical (unpaired) electrons. The van der Waals surface area contributed by atoms with E-state index in [2.05, 4.69) is 28.1 Å². The summed E-state index contributed by atoms with van der Waals surface area (Å²) in [4.78, 5) is 12.7. The molecule has 1 N–H and O–H groups in total. The van der Waals surface area contributed by atoms with Crippen LogP contribution in [0, 0.1) is 0 Å². The zero-order chi connectivity index (χ0) is 18.9. The van der Waals surface area contributed by atoms with E-state index in [4.69, 9.17) is 9.47 Å². The first-order valence-electron chi connectivity index (χ1n) is 9.11. The van der Waals surface area contributed by atoms with Crippen LogP contribution in [0.3, 0.4) is 0 Å². The van der Waals surface area contributed by atoms with Gasteiger partial charge in [0, 0.05) is 24.0 Å². The average molecular weight is 370 g/mol. The Balaban J connectivity index is 1.35. The number of hydrogen-bond acceptors (Lipinski definition) is 3. The molecule has 0 fully saturated rings. The Kier molecular flexibility index (Phi) is 3.98. The van der Waals surface area contributed by atoms with Gasteiger partial charge in [0.15, 0.2) is 11.5 Å². The predicted molar refractivity (Wildman–Crippen MR) is 107 cm³/mol. The number of amides is 1. The molecule has 0 unspecified atom stereocenters. The van der Waals surface area contributed by atoms with Gasteiger partial charge in [-0.05, 0) is 53.4 Å². The van der Waals surface area contributed by atoms with Gasteiger partial charge in [-0.1, -0.05) is 30.3 Å². The monoisotopic (exact) mass is 370 g/mol. The number of rotatable bonds is 4. The minimum absolute atomic E-state index is 0.115. The molecule has 4 aromatic rings. The van der Waals surface area contributed by atoms with E-state index in [9.17, 15) is 4.79 Å². The lowest BCUT2D eigenvalue weighted by atomic mass is 10.1. The van der Waals surface area contributed by atoms with E-state index in [1.54, 1.807) is 0 Å². The van der Waals surface area contributed by atoms with Crippen LogP contribution in [0.1, 0.15) is 15.9 Å². The maximum Gasteiger partial charge on any atom is 0.251 e. The highest BCUT2D eigenvalue weighted by atomic mass is 16.7. The zero-order valence-corrected chi connectivity index (χ0v) is 15.1. The molecule has 1 aromatic heterocycles. The molecule has 138 valence electrons.